The van der Waals surface area contributed by atoms with Gasteiger partial charge in [-0.05, 0) is 30.5 Å². The Bertz CT molecular complexity index is 990. The van der Waals surface area contributed by atoms with Crippen LogP contribution in [0.25, 0.3) is 0 Å². The van der Waals surface area contributed by atoms with Crippen molar-refractivity contribution in [2.75, 3.05) is 11.9 Å². The molecule has 0 atom stereocenters. The zero-order valence-corrected chi connectivity index (χ0v) is 16.0. The van der Waals surface area contributed by atoms with Crippen molar-refractivity contribution in [2.45, 2.75) is 17.2 Å². The smallest absolute Gasteiger partial charge is 0.269 e. The van der Waals surface area contributed by atoms with Crippen LogP contribution in [0.5, 0.6) is 0 Å². The van der Waals surface area contributed by atoms with Crippen LogP contribution in [0.3, 0.4) is 0 Å². The van der Waals surface area contributed by atoms with Gasteiger partial charge in [0.25, 0.3) is 15.9 Å². The van der Waals surface area contributed by atoms with Gasteiger partial charge in [0.2, 0.25) is 9.47 Å². The van der Waals surface area contributed by atoms with Crippen molar-refractivity contribution in [1.82, 2.24) is 14.9 Å². The monoisotopic (exact) mass is 402 g/mol. The maximum absolute atomic E-state index is 12.3. The summed E-state index contributed by atoms with van der Waals surface area (Å²) in [6.07, 6.45) is 1.44. The number of carbonyl (C=O) groups excluding carboxylic acids is 1. The summed E-state index contributed by atoms with van der Waals surface area (Å²) >= 11 is 0.813. The number of amides is 1. The van der Waals surface area contributed by atoms with Gasteiger partial charge >= 0.3 is 0 Å². The van der Waals surface area contributed by atoms with Crippen molar-refractivity contribution in [2.24, 2.45) is 0 Å². The fourth-order valence-electron chi connectivity index (χ4n) is 2.33. The summed E-state index contributed by atoms with van der Waals surface area (Å²) in [6.45, 7) is 0.294. The molecule has 0 spiro atoms. The molecule has 0 fully saturated rings. The lowest BCUT2D eigenvalue weighted by Gasteiger charge is -2.04. The number of aromatic nitrogens is 2. The van der Waals surface area contributed by atoms with E-state index in [1.165, 1.54) is 0 Å². The first-order valence-electron chi connectivity index (χ1n) is 8.28. The van der Waals surface area contributed by atoms with Crippen LogP contribution in [-0.4, -0.2) is 31.1 Å². The van der Waals surface area contributed by atoms with Crippen LogP contribution in [0.15, 0.2) is 65.0 Å². The Morgan fingerprint density at radius 2 is 1.63 bits per heavy atom. The van der Waals surface area contributed by atoms with Gasteiger partial charge in [0, 0.05) is 12.1 Å². The summed E-state index contributed by atoms with van der Waals surface area (Å²) in [4.78, 5) is 12.1. The maximum atomic E-state index is 12.3. The van der Waals surface area contributed by atoms with E-state index in [0.29, 0.717) is 18.5 Å². The molecule has 2 N–H and O–H groups in total. The van der Waals surface area contributed by atoms with E-state index in [1.54, 1.807) is 30.3 Å². The summed E-state index contributed by atoms with van der Waals surface area (Å²) in [5.41, 5.74) is 1.61. The first-order chi connectivity index (χ1) is 13.0. The van der Waals surface area contributed by atoms with Gasteiger partial charge in [-0.15, -0.1) is 10.2 Å². The minimum Gasteiger partial charge on any atom is -0.296 e. The molecule has 1 aromatic heterocycles. The molecule has 2 aromatic carbocycles. The third-order valence-corrected chi connectivity index (χ3v) is 6.34. The standard InChI is InChI=1S/C18H18N4O3S2/c23-16(15-11-5-2-6-12-15)20-17-21-22-18(26-17)27(24,25)19-13-7-10-14-8-3-1-4-9-14/h1-6,8-9,11-12,19H,7,10,13H2,(H,20,21,23). The van der Waals surface area contributed by atoms with Crippen molar-refractivity contribution in [3.05, 3.63) is 71.8 Å². The quantitative estimate of drug-likeness (QED) is 0.446. The van der Waals surface area contributed by atoms with Gasteiger partial charge in [-0.3, -0.25) is 10.1 Å². The second kappa shape index (κ2) is 8.85. The maximum Gasteiger partial charge on any atom is 0.269 e. The van der Waals surface area contributed by atoms with Gasteiger partial charge in [0.05, 0.1) is 0 Å². The highest BCUT2D eigenvalue weighted by Crippen LogP contribution is 2.20. The SMILES string of the molecule is O=C(Nc1nnc(S(=O)(=O)NCCCc2ccccc2)s1)c1ccccc1. The van der Waals surface area contributed by atoms with E-state index in [4.69, 9.17) is 0 Å². The Morgan fingerprint density at radius 3 is 2.33 bits per heavy atom. The lowest BCUT2D eigenvalue weighted by atomic mass is 10.1. The first kappa shape index (κ1) is 19.2. The molecule has 0 aliphatic rings. The molecule has 7 nitrogen and oxygen atoms in total. The molecular weight excluding hydrogens is 384 g/mol. The Balaban J connectivity index is 1.53. The van der Waals surface area contributed by atoms with Gasteiger partial charge in [-0.1, -0.05) is 59.9 Å². The molecule has 1 amide bonds. The molecule has 27 heavy (non-hydrogen) atoms. The summed E-state index contributed by atoms with van der Waals surface area (Å²) in [5.74, 6) is -0.369. The summed E-state index contributed by atoms with van der Waals surface area (Å²) in [6, 6.07) is 18.4. The third-order valence-electron chi connectivity index (χ3n) is 3.67. The predicted molar refractivity (Wildman–Crippen MR) is 104 cm³/mol. The second-order valence-electron chi connectivity index (χ2n) is 5.68. The molecule has 0 saturated heterocycles. The number of anilines is 1. The van der Waals surface area contributed by atoms with Crippen molar-refractivity contribution >= 4 is 32.4 Å². The number of sulfonamides is 1. The highest BCUT2D eigenvalue weighted by atomic mass is 32.2. The lowest BCUT2D eigenvalue weighted by Crippen LogP contribution is -2.25. The lowest BCUT2D eigenvalue weighted by molar-refractivity contribution is 0.102. The number of benzene rings is 2. The molecule has 0 aliphatic heterocycles. The highest BCUT2D eigenvalue weighted by Gasteiger charge is 2.20. The number of rotatable bonds is 8. The van der Waals surface area contributed by atoms with Crippen LogP contribution < -0.4 is 10.0 Å². The van der Waals surface area contributed by atoms with Crippen LogP contribution in [0, 0.1) is 0 Å². The van der Waals surface area contributed by atoms with Crippen molar-refractivity contribution in [1.29, 1.82) is 0 Å². The number of nitrogens with one attached hydrogen (secondary N) is 2. The van der Waals surface area contributed by atoms with E-state index in [0.717, 1.165) is 23.3 Å². The van der Waals surface area contributed by atoms with Crippen LogP contribution in [0.2, 0.25) is 0 Å². The molecule has 0 radical (unpaired) electrons. The topological polar surface area (TPSA) is 101 Å². The molecule has 3 rings (SSSR count). The van der Waals surface area contributed by atoms with Crippen LogP contribution >= 0.6 is 11.3 Å². The minimum absolute atomic E-state index is 0.133. The third kappa shape index (κ3) is 5.43. The number of hydrogen-bond acceptors (Lipinski definition) is 6. The van der Waals surface area contributed by atoms with E-state index < -0.39 is 10.0 Å². The molecule has 0 unspecified atom stereocenters. The molecule has 1 heterocycles. The highest BCUT2D eigenvalue weighted by molar-refractivity contribution is 7.91. The summed E-state index contributed by atoms with van der Waals surface area (Å²) < 4.78 is 26.9. The Labute approximate surface area is 161 Å². The van der Waals surface area contributed by atoms with E-state index in [9.17, 15) is 13.2 Å². The van der Waals surface area contributed by atoms with Crippen molar-refractivity contribution < 1.29 is 13.2 Å². The van der Waals surface area contributed by atoms with Crippen LogP contribution in [0.4, 0.5) is 5.13 Å². The fraction of sp³-hybridized carbons (Fsp3) is 0.167. The Morgan fingerprint density at radius 1 is 0.963 bits per heavy atom. The average Bonchev–Trinajstić information content (AvgIpc) is 3.16. The van der Waals surface area contributed by atoms with Crippen molar-refractivity contribution in [3.8, 4) is 0 Å². The number of hydrogen-bond donors (Lipinski definition) is 2. The Kier molecular flexibility index (Phi) is 6.28. The van der Waals surface area contributed by atoms with Gasteiger partial charge < -0.3 is 0 Å². The largest absolute Gasteiger partial charge is 0.296 e. The molecule has 0 saturated carbocycles. The summed E-state index contributed by atoms with van der Waals surface area (Å²) in [5, 5.41) is 10.1. The fourth-order valence-corrected chi connectivity index (χ4v) is 4.34. The predicted octanol–water partition coefficient (Wildman–Crippen LogP) is 2.70. The van der Waals surface area contributed by atoms with E-state index in [2.05, 4.69) is 20.2 Å². The minimum atomic E-state index is -3.75. The summed E-state index contributed by atoms with van der Waals surface area (Å²) in [7, 11) is -3.75. The van der Waals surface area contributed by atoms with Gasteiger partial charge in [-0.2, -0.15) is 0 Å². The molecule has 9 heteroatoms. The van der Waals surface area contributed by atoms with E-state index >= 15 is 0 Å². The number of carbonyl (C=O) groups is 1. The van der Waals surface area contributed by atoms with E-state index in [1.807, 2.05) is 30.3 Å². The molecule has 140 valence electrons. The second-order valence-corrected chi connectivity index (χ2v) is 8.60. The van der Waals surface area contributed by atoms with Gasteiger partial charge in [0.1, 0.15) is 0 Å². The van der Waals surface area contributed by atoms with E-state index in [-0.39, 0.29) is 15.4 Å². The molecule has 0 aliphatic carbocycles. The zero-order chi connectivity index (χ0) is 19.1. The van der Waals surface area contributed by atoms with Gasteiger partial charge in [-0.25, -0.2) is 13.1 Å². The van der Waals surface area contributed by atoms with Crippen LogP contribution in [-0.2, 0) is 16.4 Å². The van der Waals surface area contributed by atoms with Gasteiger partial charge in [0.15, 0.2) is 0 Å². The zero-order valence-electron chi connectivity index (χ0n) is 14.3. The first-order valence-corrected chi connectivity index (χ1v) is 10.6. The number of nitrogens with zero attached hydrogens (tertiary/aromatic N) is 2. The van der Waals surface area contributed by atoms with Crippen molar-refractivity contribution in [3.63, 3.8) is 0 Å². The average molecular weight is 403 g/mol. The molecule has 0 bridgehead atoms. The normalized spacial score (nSPS) is 11.3. The Hall–Kier alpha value is -2.62. The molecule has 3 aromatic rings. The van der Waals surface area contributed by atoms with Crippen LogP contribution in [0.1, 0.15) is 22.3 Å². The number of aryl methyl sites for hydroxylation is 1. The molecular formula is C18H18N4O3S2.